The molecular formula is C17H22N4O3. The number of amides is 1. The van der Waals surface area contributed by atoms with Crippen molar-refractivity contribution in [3.05, 3.63) is 36.2 Å². The lowest BCUT2D eigenvalue weighted by Gasteiger charge is -2.11. The number of H-pyrrole nitrogens is 1. The summed E-state index contributed by atoms with van der Waals surface area (Å²) in [7, 11) is 1.60. The van der Waals surface area contributed by atoms with Gasteiger partial charge in [-0.05, 0) is 30.2 Å². The lowest BCUT2D eigenvalue weighted by atomic mass is 10.2. The number of carbonyl (C=O) groups is 1. The molecular weight excluding hydrogens is 308 g/mol. The Morgan fingerprint density at radius 1 is 1.33 bits per heavy atom. The number of rotatable bonds is 9. The molecule has 0 aliphatic rings. The van der Waals surface area contributed by atoms with Crippen LogP contribution < -0.4 is 14.8 Å². The monoisotopic (exact) mass is 330 g/mol. The van der Waals surface area contributed by atoms with Gasteiger partial charge in [0, 0.05) is 6.08 Å². The molecule has 128 valence electrons. The molecule has 24 heavy (non-hydrogen) atoms. The molecule has 0 spiro atoms. The number of methoxy groups -OCH3 is 1. The van der Waals surface area contributed by atoms with E-state index in [9.17, 15) is 4.79 Å². The van der Waals surface area contributed by atoms with Crippen LogP contribution in [0.25, 0.3) is 6.08 Å². The van der Waals surface area contributed by atoms with Crippen molar-refractivity contribution in [2.24, 2.45) is 0 Å². The number of ether oxygens (including phenoxy) is 2. The summed E-state index contributed by atoms with van der Waals surface area (Å²) in [6.45, 7) is 2.82. The van der Waals surface area contributed by atoms with Crippen molar-refractivity contribution in [2.45, 2.75) is 26.2 Å². The smallest absolute Gasteiger partial charge is 0.250 e. The van der Waals surface area contributed by atoms with E-state index < -0.39 is 0 Å². The zero-order valence-corrected chi connectivity index (χ0v) is 13.9. The van der Waals surface area contributed by atoms with Gasteiger partial charge in [0.2, 0.25) is 5.95 Å². The van der Waals surface area contributed by atoms with Crippen LogP contribution in [-0.4, -0.2) is 34.8 Å². The Hall–Kier alpha value is -2.83. The SMILES string of the molecule is CCCCCOc1ccc(/C=C/C(=O)Nc2ncn[nH]2)cc1OC. The van der Waals surface area contributed by atoms with Gasteiger partial charge in [0.05, 0.1) is 13.7 Å². The fourth-order valence-corrected chi connectivity index (χ4v) is 2.04. The maximum Gasteiger partial charge on any atom is 0.250 e. The summed E-state index contributed by atoms with van der Waals surface area (Å²) in [4.78, 5) is 15.6. The van der Waals surface area contributed by atoms with Crippen molar-refractivity contribution >= 4 is 17.9 Å². The largest absolute Gasteiger partial charge is 0.493 e. The molecule has 0 bridgehead atoms. The summed E-state index contributed by atoms with van der Waals surface area (Å²) in [5.41, 5.74) is 0.834. The van der Waals surface area contributed by atoms with E-state index in [1.54, 1.807) is 13.2 Å². The van der Waals surface area contributed by atoms with Crippen molar-refractivity contribution in [3.8, 4) is 11.5 Å². The van der Waals surface area contributed by atoms with Crippen LogP contribution in [0.4, 0.5) is 5.95 Å². The van der Waals surface area contributed by atoms with E-state index in [0.717, 1.165) is 24.8 Å². The highest BCUT2D eigenvalue weighted by atomic mass is 16.5. The number of anilines is 1. The van der Waals surface area contributed by atoms with Crippen LogP contribution in [0, 0.1) is 0 Å². The fraction of sp³-hybridized carbons (Fsp3) is 0.353. The number of carbonyl (C=O) groups excluding carboxylic acids is 1. The lowest BCUT2D eigenvalue weighted by Crippen LogP contribution is -2.08. The highest BCUT2D eigenvalue weighted by Gasteiger charge is 2.05. The van der Waals surface area contributed by atoms with E-state index in [-0.39, 0.29) is 5.91 Å². The first-order valence-corrected chi connectivity index (χ1v) is 7.88. The Kier molecular flexibility index (Phi) is 6.82. The van der Waals surface area contributed by atoms with Gasteiger partial charge in [-0.1, -0.05) is 25.8 Å². The molecule has 7 heteroatoms. The van der Waals surface area contributed by atoms with E-state index in [0.29, 0.717) is 24.1 Å². The predicted octanol–water partition coefficient (Wildman–Crippen LogP) is 3.03. The van der Waals surface area contributed by atoms with Gasteiger partial charge in [0.15, 0.2) is 11.5 Å². The van der Waals surface area contributed by atoms with E-state index in [4.69, 9.17) is 9.47 Å². The molecule has 1 aromatic carbocycles. The van der Waals surface area contributed by atoms with Crippen LogP contribution in [0.1, 0.15) is 31.7 Å². The van der Waals surface area contributed by atoms with Gasteiger partial charge in [-0.3, -0.25) is 10.1 Å². The lowest BCUT2D eigenvalue weighted by molar-refractivity contribution is -0.111. The molecule has 0 saturated heterocycles. The number of aromatic amines is 1. The predicted molar refractivity (Wildman–Crippen MR) is 92.1 cm³/mol. The second-order valence-corrected chi connectivity index (χ2v) is 5.12. The molecule has 0 unspecified atom stereocenters. The average Bonchev–Trinajstić information content (AvgIpc) is 3.10. The van der Waals surface area contributed by atoms with Crippen LogP contribution in [0.5, 0.6) is 11.5 Å². The number of nitrogens with zero attached hydrogens (tertiary/aromatic N) is 2. The minimum Gasteiger partial charge on any atom is -0.493 e. The Bertz CT molecular complexity index is 668. The molecule has 1 heterocycles. The first-order chi connectivity index (χ1) is 11.7. The molecule has 0 fully saturated rings. The number of hydrogen-bond acceptors (Lipinski definition) is 5. The maximum absolute atomic E-state index is 11.8. The second-order valence-electron chi connectivity index (χ2n) is 5.12. The zero-order valence-electron chi connectivity index (χ0n) is 13.9. The summed E-state index contributed by atoms with van der Waals surface area (Å²) in [6.07, 6.45) is 7.74. The fourth-order valence-electron chi connectivity index (χ4n) is 2.04. The van der Waals surface area contributed by atoms with Gasteiger partial charge >= 0.3 is 0 Å². The molecule has 0 atom stereocenters. The van der Waals surface area contributed by atoms with Crippen molar-refractivity contribution in [3.63, 3.8) is 0 Å². The summed E-state index contributed by atoms with van der Waals surface area (Å²) >= 11 is 0. The summed E-state index contributed by atoms with van der Waals surface area (Å²) in [5.74, 6) is 1.35. The summed E-state index contributed by atoms with van der Waals surface area (Å²) in [5, 5.41) is 8.77. The minimum atomic E-state index is -0.300. The number of unbranched alkanes of at least 4 members (excludes halogenated alkanes) is 2. The van der Waals surface area contributed by atoms with E-state index in [1.165, 1.54) is 12.4 Å². The van der Waals surface area contributed by atoms with E-state index in [2.05, 4.69) is 27.4 Å². The third kappa shape index (κ3) is 5.42. The molecule has 7 nitrogen and oxygen atoms in total. The van der Waals surface area contributed by atoms with Gasteiger partial charge in [-0.2, -0.15) is 10.1 Å². The van der Waals surface area contributed by atoms with Crippen LogP contribution in [0.3, 0.4) is 0 Å². The van der Waals surface area contributed by atoms with Gasteiger partial charge in [0.1, 0.15) is 6.33 Å². The quantitative estimate of drug-likeness (QED) is 0.545. The van der Waals surface area contributed by atoms with Gasteiger partial charge in [0.25, 0.3) is 5.91 Å². The maximum atomic E-state index is 11.8. The third-order valence-electron chi connectivity index (χ3n) is 3.28. The number of aromatic nitrogens is 3. The first-order valence-electron chi connectivity index (χ1n) is 7.88. The Balaban J connectivity index is 1.95. The summed E-state index contributed by atoms with van der Waals surface area (Å²) < 4.78 is 11.1. The second kappa shape index (κ2) is 9.34. The van der Waals surface area contributed by atoms with Crippen LogP contribution >= 0.6 is 0 Å². The number of nitrogens with one attached hydrogen (secondary N) is 2. The molecule has 2 rings (SSSR count). The molecule has 0 radical (unpaired) electrons. The van der Waals surface area contributed by atoms with Crippen LogP contribution in [0.2, 0.25) is 0 Å². The van der Waals surface area contributed by atoms with Crippen molar-refractivity contribution < 1.29 is 14.3 Å². The zero-order chi connectivity index (χ0) is 17.2. The van der Waals surface area contributed by atoms with Crippen molar-refractivity contribution in [1.29, 1.82) is 0 Å². The van der Waals surface area contributed by atoms with Crippen molar-refractivity contribution in [1.82, 2.24) is 15.2 Å². The van der Waals surface area contributed by atoms with E-state index in [1.807, 2.05) is 18.2 Å². The van der Waals surface area contributed by atoms with Gasteiger partial charge in [-0.15, -0.1) is 0 Å². The standard InChI is InChI=1S/C17H22N4O3/c1-3-4-5-10-24-14-8-6-13(11-15(14)23-2)7-9-16(22)20-17-18-12-19-21-17/h6-9,11-12H,3-5,10H2,1-2H3,(H2,18,19,20,21,22)/b9-7+. The summed E-state index contributed by atoms with van der Waals surface area (Å²) in [6, 6.07) is 5.54. The van der Waals surface area contributed by atoms with Crippen molar-refractivity contribution in [2.75, 3.05) is 19.0 Å². The molecule has 2 aromatic rings. The number of benzene rings is 1. The molecule has 0 aliphatic heterocycles. The van der Waals surface area contributed by atoms with Gasteiger partial charge < -0.3 is 9.47 Å². The Morgan fingerprint density at radius 3 is 2.92 bits per heavy atom. The highest BCUT2D eigenvalue weighted by molar-refractivity contribution is 6.00. The Labute approximate surface area is 141 Å². The molecule has 0 saturated carbocycles. The molecule has 2 N–H and O–H groups in total. The van der Waals surface area contributed by atoms with E-state index >= 15 is 0 Å². The average molecular weight is 330 g/mol. The molecule has 1 aromatic heterocycles. The normalized spacial score (nSPS) is 10.8. The highest BCUT2D eigenvalue weighted by Crippen LogP contribution is 2.28. The third-order valence-corrected chi connectivity index (χ3v) is 3.28. The van der Waals surface area contributed by atoms with Crippen LogP contribution in [0.15, 0.2) is 30.6 Å². The van der Waals surface area contributed by atoms with Crippen LogP contribution in [-0.2, 0) is 4.79 Å². The molecule has 1 amide bonds. The molecule has 0 aliphatic carbocycles. The topological polar surface area (TPSA) is 89.1 Å². The first kappa shape index (κ1) is 17.5. The minimum absolute atomic E-state index is 0.300. The van der Waals surface area contributed by atoms with Gasteiger partial charge in [-0.25, -0.2) is 5.10 Å². The number of hydrogen-bond donors (Lipinski definition) is 2. The Morgan fingerprint density at radius 2 is 2.21 bits per heavy atom.